The van der Waals surface area contributed by atoms with Crippen molar-refractivity contribution in [2.75, 3.05) is 17.2 Å². The van der Waals surface area contributed by atoms with E-state index >= 15 is 0 Å². The molecule has 5 rings (SSSR count). The smallest absolute Gasteiger partial charge is 0.269 e. The molecule has 2 heterocycles. The van der Waals surface area contributed by atoms with Crippen LogP contribution in [0.4, 0.5) is 17.3 Å². The molecule has 2 N–H and O–H groups in total. The first-order valence-corrected chi connectivity index (χ1v) is 13.8. The van der Waals surface area contributed by atoms with Gasteiger partial charge in [0.1, 0.15) is 11.8 Å². The number of hydrogen-bond donors (Lipinski definition) is 2. The van der Waals surface area contributed by atoms with Gasteiger partial charge < -0.3 is 15.4 Å². The van der Waals surface area contributed by atoms with Crippen LogP contribution in [0.25, 0.3) is 0 Å². The van der Waals surface area contributed by atoms with E-state index in [9.17, 15) is 14.9 Å². The van der Waals surface area contributed by atoms with Gasteiger partial charge in [-0.05, 0) is 55.3 Å². The summed E-state index contributed by atoms with van der Waals surface area (Å²) in [6.07, 6.45) is 0. The minimum Gasteiger partial charge on any atom is -0.492 e. The Morgan fingerprint density at radius 3 is 2.60 bits per heavy atom. The Labute approximate surface area is 239 Å². The predicted molar refractivity (Wildman–Crippen MR) is 155 cm³/mol. The number of ether oxygens (including phenoxy) is 1. The number of carbonyl (C=O) groups is 1. The standard InChI is InChI=1S/C28H25ClN6O4S/c1-3-39-23-11-7-6-10-22(23)31-26(36)24-17(2)30-27-32-28(40-16-19-8-4-5-9-21(19)29)33-34(27)25(24)18-12-14-20(15-13-18)35(37)38/h4-15,25H,3,16H2,1-2H3,(H,31,36)(H,30,32,33). The SMILES string of the molecule is CCOc1ccccc1NC(=O)C1=C(C)Nc2nc(SCc3ccccc3Cl)nn2C1c1ccc([N+](=O)[O-])cc1. The zero-order chi connectivity index (χ0) is 28.2. The summed E-state index contributed by atoms with van der Waals surface area (Å²) in [7, 11) is 0. The lowest BCUT2D eigenvalue weighted by Crippen LogP contribution is -2.31. The first kappa shape index (κ1) is 27.2. The fourth-order valence-electron chi connectivity index (χ4n) is 4.37. The van der Waals surface area contributed by atoms with E-state index in [1.165, 1.54) is 23.9 Å². The number of thioether (sulfide) groups is 1. The van der Waals surface area contributed by atoms with E-state index in [-0.39, 0.29) is 11.6 Å². The second-order valence-electron chi connectivity index (χ2n) is 8.84. The van der Waals surface area contributed by atoms with Crippen LogP contribution in [0.1, 0.15) is 31.0 Å². The lowest BCUT2D eigenvalue weighted by atomic mass is 9.95. The fourth-order valence-corrected chi connectivity index (χ4v) is 5.49. The van der Waals surface area contributed by atoms with Gasteiger partial charge in [-0.15, -0.1) is 5.10 Å². The molecule has 0 aliphatic carbocycles. The van der Waals surface area contributed by atoms with Crippen molar-refractivity contribution in [3.05, 3.63) is 110 Å². The molecule has 10 nitrogen and oxygen atoms in total. The van der Waals surface area contributed by atoms with E-state index < -0.39 is 11.0 Å². The van der Waals surface area contributed by atoms with Gasteiger partial charge in [-0.25, -0.2) is 4.68 Å². The Morgan fingerprint density at radius 1 is 1.15 bits per heavy atom. The van der Waals surface area contributed by atoms with E-state index in [1.54, 1.807) is 35.9 Å². The number of non-ortho nitro benzene ring substituents is 1. The topological polar surface area (TPSA) is 124 Å². The van der Waals surface area contributed by atoms with Gasteiger partial charge in [0.05, 0.1) is 22.8 Å². The maximum atomic E-state index is 13.8. The van der Waals surface area contributed by atoms with Gasteiger partial charge in [0.15, 0.2) is 0 Å². The molecule has 0 saturated carbocycles. The average molecular weight is 577 g/mol. The quantitative estimate of drug-likeness (QED) is 0.132. The normalized spacial score (nSPS) is 14.3. The van der Waals surface area contributed by atoms with E-state index in [0.717, 1.165) is 5.56 Å². The molecule has 0 fully saturated rings. The molecule has 1 unspecified atom stereocenters. The number of carbonyl (C=O) groups excluding carboxylic acids is 1. The molecule has 1 atom stereocenters. The number of fused-ring (bicyclic) bond motifs is 1. The number of nitrogens with zero attached hydrogens (tertiary/aromatic N) is 4. The highest BCUT2D eigenvalue weighted by molar-refractivity contribution is 7.98. The van der Waals surface area contributed by atoms with Crippen molar-refractivity contribution in [2.45, 2.75) is 30.8 Å². The van der Waals surface area contributed by atoms with E-state index in [1.807, 2.05) is 43.3 Å². The van der Waals surface area contributed by atoms with Gasteiger partial charge in [0.2, 0.25) is 11.1 Å². The molecular weight excluding hydrogens is 552 g/mol. The zero-order valence-electron chi connectivity index (χ0n) is 21.6. The first-order valence-electron chi connectivity index (χ1n) is 12.4. The van der Waals surface area contributed by atoms with Gasteiger partial charge >= 0.3 is 0 Å². The molecule has 1 aromatic heterocycles. The molecule has 0 radical (unpaired) electrons. The number of benzene rings is 3. The van der Waals surface area contributed by atoms with E-state index in [4.69, 9.17) is 21.4 Å². The molecule has 3 aromatic carbocycles. The van der Waals surface area contributed by atoms with Crippen LogP contribution in [-0.4, -0.2) is 32.2 Å². The lowest BCUT2D eigenvalue weighted by Gasteiger charge is -2.28. The number of hydrogen-bond acceptors (Lipinski definition) is 8. The molecule has 0 spiro atoms. The molecule has 0 bridgehead atoms. The number of allylic oxidation sites excluding steroid dienone is 1. The molecule has 1 amide bonds. The minimum atomic E-state index is -0.696. The van der Waals surface area contributed by atoms with Crippen LogP contribution in [0, 0.1) is 10.1 Å². The zero-order valence-corrected chi connectivity index (χ0v) is 23.2. The highest BCUT2D eigenvalue weighted by Gasteiger charge is 2.35. The number of halogens is 1. The molecular formula is C28H25ClN6O4S. The fraction of sp³-hybridized carbons (Fsp3) is 0.179. The Balaban J connectivity index is 1.51. The summed E-state index contributed by atoms with van der Waals surface area (Å²) >= 11 is 7.73. The van der Waals surface area contributed by atoms with E-state index in [2.05, 4.69) is 15.6 Å². The molecule has 12 heteroatoms. The molecule has 0 saturated heterocycles. The van der Waals surface area contributed by atoms with Gasteiger partial charge in [-0.1, -0.05) is 53.7 Å². The van der Waals surface area contributed by atoms with Crippen LogP contribution in [0.5, 0.6) is 5.75 Å². The third kappa shape index (κ3) is 5.65. The molecule has 1 aliphatic rings. The third-order valence-corrected chi connectivity index (χ3v) is 7.50. The number of para-hydroxylation sites is 2. The van der Waals surface area contributed by atoms with E-state index in [0.29, 0.717) is 56.8 Å². The molecule has 204 valence electrons. The summed E-state index contributed by atoms with van der Waals surface area (Å²) < 4.78 is 7.31. The van der Waals surface area contributed by atoms with Crippen molar-refractivity contribution < 1.29 is 14.5 Å². The average Bonchev–Trinajstić information content (AvgIpc) is 3.35. The maximum Gasteiger partial charge on any atom is 0.269 e. The van der Waals surface area contributed by atoms with Crippen molar-refractivity contribution >= 4 is 46.6 Å². The predicted octanol–water partition coefficient (Wildman–Crippen LogP) is 6.46. The number of nitrogens with one attached hydrogen (secondary N) is 2. The monoisotopic (exact) mass is 576 g/mol. The van der Waals surface area contributed by atoms with Crippen LogP contribution in [0.15, 0.2) is 89.2 Å². The lowest BCUT2D eigenvalue weighted by molar-refractivity contribution is -0.384. The van der Waals surface area contributed by atoms with Crippen molar-refractivity contribution in [1.82, 2.24) is 14.8 Å². The summed E-state index contributed by atoms with van der Waals surface area (Å²) in [5.41, 5.74) is 3.03. The summed E-state index contributed by atoms with van der Waals surface area (Å²) in [5.74, 6) is 1.19. The van der Waals surface area contributed by atoms with Crippen LogP contribution >= 0.6 is 23.4 Å². The van der Waals surface area contributed by atoms with Crippen molar-refractivity contribution in [1.29, 1.82) is 0 Å². The van der Waals surface area contributed by atoms with Gasteiger partial charge in [0.25, 0.3) is 11.6 Å². The van der Waals surface area contributed by atoms with Crippen molar-refractivity contribution in [3.63, 3.8) is 0 Å². The molecule has 40 heavy (non-hydrogen) atoms. The van der Waals surface area contributed by atoms with Gasteiger partial charge in [-0.2, -0.15) is 4.98 Å². The maximum absolute atomic E-state index is 13.8. The molecule has 4 aromatic rings. The highest BCUT2D eigenvalue weighted by atomic mass is 35.5. The second kappa shape index (κ2) is 11.8. The summed E-state index contributed by atoms with van der Waals surface area (Å²) in [6.45, 7) is 4.10. The number of anilines is 2. The third-order valence-electron chi connectivity index (χ3n) is 6.25. The largest absolute Gasteiger partial charge is 0.492 e. The van der Waals surface area contributed by atoms with Crippen molar-refractivity contribution in [2.24, 2.45) is 0 Å². The summed E-state index contributed by atoms with van der Waals surface area (Å²) in [4.78, 5) is 29.3. The van der Waals surface area contributed by atoms with Gasteiger partial charge in [-0.3, -0.25) is 14.9 Å². The van der Waals surface area contributed by atoms with Gasteiger partial charge in [0, 0.05) is 28.6 Å². The van der Waals surface area contributed by atoms with Crippen LogP contribution < -0.4 is 15.4 Å². The Hall–Kier alpha value is -4.35. The number of rotatable bonds is 9. The Bertz CT molecular complexity index is 1600. The number of nitro benzene ring substituents is 1. The number of amides is 1. The first-order chi connectivity index (χ1) is 19.4. The van der Waals surface area contributed by atoms with Crippen LogP contribution in [0.2, 0.25) is 5.02 Å². The van der Waals surface area contributed by atoms with Crippen LogP contribution in [-0.2, 0) is 10.5 Å². The van der Waals surface area contributed by atoms with Crippen molar-refractivity contribution in [3.8, 4) is 5.75 Å². The summed E-state index contributed by atoms with van der Waals surface area (Å²) in [6, 6.07) is 20.1. The highest BCUT2D eigenvalue weighted by Crippen LogP contribution is 2.38. The Kier molecular flexibility index (Phi) is 8.04. The minimum absolute atomic E-state index is 0.0511. The Morgan fingerprint density at radius 2 is 1.88 bits per heavy atom. The number of nitro groups is 1. The molecule has 1 aliphatic heterocycles. The summed E-state index contributed by atoms with van der Waals surface area (Å²) in [5, 5.41) is 23.3. The second-order valence-corrected chi connectivity index (χ2v) is 10.2. The van der Waals surface area contributed by atoms with Crippen LogP contribution in [0.3, 0.4) is 0 Å². The number of aromatic nitrogens is 3.